The summed E-state index contributed by atoms with van der Waals surface area (Å²) in [6.07, 6.45) is 3.24. The number of piperidine rings is 1. The van der Waals surface area contributed by atoms with Gasteiger partial charge in [-0.1, -0.05) is 0 Å². The molecule has 1 atom stereocenters. The number of rotatable bonds is 6. The Bertz CT molecular complexity index is 833. The summed E-state index contributed by atoms with van der Waals surface area (Å²) in [4.78, 5) is 24.2. The van der Waals surface area contributed by atoms with Gasteiger partial charge in [-0.05, 0) is 78.6 Å². The predicted octanol–water partition coefficient (Wildman–Crippen LogP) is 3.17. The first kappa shape index (κ1) is 20.7. The molecule has 1 aliphatic heterocycles. The van der Waals surface area contributed by atoms with Crippen LogP contribution in [0.4, 0.5) is 4.39 Å². The van der Waals surface area contributed by atoms with Crippen LogP contribution in [0, 0.1) is 12.7 Å². The number of aryl methyl sites for hydroxylation is 1. The Morgan fingerprint density at radius 2 is 2.04 bits per heavy atom. The Balaban J connectivity index is 1.75. The maximum absolute atomic E-state index is 13.6. The number of likely N-dealkylation sites (N-methyl/N-ethyl adjacent to an activating group) is 1. The minimum atomic E-state index is -0.332. The average Bonchev–Trinajstić information content (AvgIpc) is 2.66. The molecule has 6 heteroatoms. The van der Waals surface area contributed by atoms with Crippen LogP contribution in [0.1, 0.15) is 35.3 Å². The zero-order valence-electron chi connectivity index (χ0n) is 17.4. The molecular weight excluding hydrogens is 355 g/mol. The fraction of sp³-hybridized carbons (Fsp3) is 0.545. The average molecular weight is 387 g/mol. The molecule has 0 N–H and O–H groups in total. The summed E-state index contributed by atoms with van der Waals surface area (Å²) in [5.41, 5.74) is 1.90. The molecule has 0 aliphatic carbocycles. The van der Waals surface area contributed by atoms with E-state index in [-0.39, 0.29) is 11.7 Å². The fourth-order valence-corrected chi connectivity index (χ4v) is 4.00. The SMILES string of the molecule is Cc1cc(C(=O)N2CCC[C@H](N(C)CCCN(C)C)C2)c2ccc(F)cc2n1. The number of hydrogen-bond acceptors (Lipinski definition) is 4. The van der Waals surface area contributed by atoms with E-state index in [4.69, 9.17) is 0 Å². The van der Waals surface area contributed by atoms with Crippen molar-refractivity contribution in [3.63, 3.8) is 0 Å². The lowest BCUT2D eigenvalue weighted by Gasteiger charge is -2.38. The van der Waals surface area contributed by atoms with Gasteiger partial charge in [0.15, 0.2) is 0 Å². The van der Waals surface area contributed by atoms with Crippen LogP contribution in [0.5, 0.6) is 0 Å². The standard InChI is InChI=1S/C22H31FN4O/c1-16-13-20(19-9-8-17(23)14-21(19)24-16)22(28)27-12-5-7-18(15-27)26(4)11-6-10-25(2)3/h8-9,13-14,18H,5-7,10-12,15H2,1-4H3/t18-/m0/s1. The first-order valence-electron chi connectivity index (χ1n) is 10.1. The Morgan fingerprint density at radius 1 is 1.25 bits per heavy atom. The van der Waals surface area contributed by atoms with Crippen LogP contribution in [-0.4, -0.2) is 79.0 Å². The van der Waals surface area contributed by atoms with Crippen LogP contribution in [0.15, 0.2) is 24.3 Å². The fourth-order valence-electron chi connectivity index (χ4n) is 4.00. The molecule has 1 fully saturated rings. The number of benzene rings is 1. The molecule has 0 radical (unpaired) electrons. The van der Waals surface area contributed by atoms with Crippen molar-refractivity contribution in [1.29, 1.82) is 0 Å². The largest absolute Gasteiger partial charge is 0.337 e. The van der Waals surface area contributed by atoms with Gasteiger partial charge >= 0.3 is 0 Å². The van der Waals surface area contributed by atoms with E-state index in [1.807, 2.05) is 17.9 Å². The lowest BCUT2D eigenvalue weighted by molar-refractivity contribution is 0.0609. The number of pyridine rings is 1. The van der Waals surface area contributed by atoms with E-state index in [0.29, 0.717) is 17.1 Å². The van der Waals surface area contributed by atoms with Crippen LogP contribution in [0.3, 0.4) is 0 Å². The third-order valence-corrected chi connectivity index (χ3v) is 5.55. The summed E-state index contributed by atoms with van der Waals surface area (Å²) >= 11 is 0. The Kier molecular flexibility index (Phi) is 6.62. The zero-order chi connectivity index (χ0) is 20.3. The smallest absolute Gasteiger partial charge is 0.254 e. The second-order valence-corrected chi connectivity index (χ2v) is 8.16. The van der Waals surface area contributed by atoms with Crippen molar-refractivity contribution < 1.29 is 9.18 Å². The van der Waals surface area contributed by atoms with E-state index in [0.717, 1.165) is 56.5 Å². The van der Waals surface area contributed by atoms with Gasteiger partial charge in [0.2, 0.25) is 0 Å². The van der Waals surface area contributed by atoms with Crippen molar-refractivity contribution >= 4 is 16.8 Å². The molecule has 1 aliphatic rings. The van der Waals surface area contributed by atoms with Crippen LogP contribution < -0.4 is 0 Å². The molecule has 0 bridgehead atoms. The molecular formula is C22H31FN4O. The van der Waals surface area contributed by atoms with E-state index in [2.05, 4.69) is 35.9 Å². The number of likely N-dealkylation sites (tertiary alicyclic amines) is 1. The zero-order valence-corrected chi connectivity index (χ0v) is 17.4. The number of carbonyl (C=O) groups excluding carboxylic acids is 1. The number of nitrogens with zero attached hydrogens (tertiary/aromatic N) is 4. The summed E-state index contributed by atoms with van der Waals surface area (Å²) in [5, 5.41) is 0.721. The first-order chi connectivity index (χ1) is 13.3. The minimum Gasteiger partial charge on any atom is -0.337 e. The summed E-state index contributed by atoms with van der Waals surface area (Å²) < 4.78 is 13.6. The van der Waals surface area contributed by atoms with Gasteiger partial charge in [0, 0.05) is 36.3 Å². The maximum Gasteiger partial charge on any atom is 0.254 e. The third kappa shape index (κ3) is 4.86. The van der Waals surface area contributed by atoms with Gasteiger partial charge in [0.25, 0.3) is 5.91 Å². The van der Waals surface area contributed by atoms with Crippen LogP contribution in [-0.2, 0) is 0 Å². The van der Waals surface area contributed by atoms with E-state index in [9.17, 15) is 9.18 Å². The molecule has 5 nitrogen and oxygen atoms in total. The second-order valence-electron chi connectivity index (χ2n) is 8.16. The summed E-state index contributed by atoms with van der Waals surface area (Å²) in [6, 6.07) is 6.67. The summed E-state index contributed by atoms with van der Waals surface area (Å²) in [7, 11) is 6.34. The highest BCUT2D eigenvalue weighted by atomic mass is 19.1. The molecule has 1 aromatic heterocycles. The number of hydrogen-bond donors (Lipinski definition) is 0. The highest BCUT2D eigenvalue weighted by Gasteiger charge is 2.27. The van der Waals surface area contributed by atoms with Crippen molar-refractivity contribution in [2.75, 3.05) is 47.3 Å². The monoisotopic (exact) mass is 386 g/mol. The first-order valence-corrected chi connectivity index (χ1v) is 10.1. The van der Waals surface area contributed by atoms with Crippen molar-refractivity contribution in [3.8, 4) is 0 Å². The van der Waals surface area contributed by atoms with Gasteiger partial charge in [-0.2, -0.15) is 0 Å². The van der Waals surface area contributed by atoms with Gasteiger partial charge in [0.1, 0.15) is 5.82 Å². The maximum atomic E-state index is 13.6. The lowest BCUT2D eigenvalue weighted by atomic mass is 10.0. The number of aromatic nitrogens is 1. The van der Waals surface area contributed by atoms with Gasteiger partial charge in [-0.15, -0.1) is 0 Å². The van der Waals surface area contributed by atoms with Crippen LogP contribution >= 0.6 is 0 Å². The van der Waals surface area contributed by atoms with Crippen molar-refractivity contribution in [3.05, 3.63) is 41.3 Å². The summed E-state index contributed by atoms with van der Waals surface area (Å²) in [6.45, 7) is 5.45. The molecule has 0 spiro atoms. The van der Waals surface area contributed by atoms with Crippen molar-refractivity contribution in [1.82, 2.24) is 19.7 Å². The Morgan fingerprint density at radius 3 is 2.79 bits per heavy atom. The molecule has 0 unspecified atom stereocenters. The molecule has 1 amide bonds. The normalized spacial score (nSPS) is 17.7. The van der Waals surface area contributed by atoms with E-state index in [1.165, 1.54) is 12.1 Å². The third-order valence-electron chi connectivity index (χ3n) is 5.55. The topological polar surface area (TPSA) is 39.7 Å². The molecule has 1 saturated heterocycles. The lowest BCUT2D eigenvalue weighted by Crippen LogP contribution is -2.49. The summed E-state index contributed by atoms with van der Waals surface area (Å²) in [5.74, 6) is -0.310. The molecule has 2 heterocycles. The van der Waals surface area contributed by atoms with Gasteiger partial charge in [0.05, 0.1) is 11.1 Å². The van der Waals surface area contributed by atoms with Crippen LogP contribution in [0.25, 0.3) is 10.9 Å². The molecule has 2 aromatic rings. The van der Waals surface area contributed by atoms with Gasteiger partial charge in [-0.25, -0.2) is 4.39 Å². The molecule has 0 saturated carbocycles. The minimum absolute atomic E-state index is 0.0218. The highest BCUT2D eigenvalue weighted by molar-refractivity contribution is 6.06. The predicted molar refractivity (Wildman–Crippen MR) is 111 cm³/mol. The van der Waals surface area contributed by atoms with Crippen LogP contribution in [0.2, 0.25) is 0 Å². The van der Waals surface area contributed by atoms with Gasteiger partial charge < -0.3 is 14.7 Å². The Labute approximate surface area is 167 Å². The van der Waals surface area contributed by atoms with E-state index in [1.54, 1.807) is 6.07 Å². The van der Waals surface area contributed by atoms with Gasteiger partial charge in [-0.3, -0.25) is 9.78 Å². The number of carbonyl (C=O) groups is 1. The Hall–Kier alpha value is -2.05. The van der Waals surface area contributed by atoms with E-state index < -0.39 is 0 Å². The highest BCUT2D eigenvalue weighted by Crippen LogP contribution is 2.23. The van der Waals surface area contributed by atoms with Crippen molar-refractivity contribution in [2.24, 2.45) is 0 Å². The van der Waals surface area contributed by atoms with Crippen molar-refractivity contribution in [2.45, 2.75) is 32.2 Å². The number of amides is 1. The van der Waals surface area contributed by atoms with E-state index >= 15 is 0 Å². The molecule has 1 aromatic carbocycles. The number of halogens is 1. The second kappa shape index (κ2) is 8.97. The molecule has 28 heavy (non-hydrogen) atoms. The molecule has 152 valence electrons. The molecule has 3 rings (SSSR count). The quantitative estimate of drug-likeness (QED) is 0.765. The number of fused-ring (bicyclic) bond motifs is 1.